The maximum Gasteiger partial charge on any atom is 0.236 e. The van der Waals surface area contributed by atoms with E-state index in [-0.39, 0.29) is 5.91 Å². The van der Waals surface area contributed by atoms with Gasteiger partial charge < -0.3 is 9.80 Å². The minimum Gasteiger partial charge on any atom is -0.342 e. The Hall–Kier alpha value is -1.05. The molecule has 0 aromatic rings. The second-order valence-electron chi connectivity index (χ2n) is 5.64. The predicted molar refractivity (Wildman–Crippen MR) is 76.7 cm³/mol. The van der Waals surface area contributed by atoms with Crippen LogP contribution in [0.3, 0.4) is 0 Å². The maximum atomic E-state index is 11.9. The number of likely N-dealkylation sites (tertiary alicyclic amines) is 2. The van der Waals surface area contributed by atoms with Gasteiger partial charge in [0.15, 0.2) is 0 Å². The molecule has 0 aliphatic carbocycles. The zero-order valence-corrected chi connectivity index (χ0v) is 11.7. The van der Waals surface area contributed by atoms with Gasteiger partial charge >= 0.3 is 0 Å². The summed E-state index contributed by atoms with van der Waals surface area (Å²) in [5.74, 6) is 3.45. The van der Waals surface area contributed by atoms with Crippen LogP contribution in [0.4, 0.5) is 0 Å². The molecule has 0 radical (unpaired) electrons. The van der Waals surface area contributed by atoms with Crippen LogP contribution < -0.4 is 5.32 Å². The maximum absolute atomic E-state index is 11.9. The summed E-state index contributed by atoms with van der Waals surface area (Å²) < 4.78 is 0. The fourth-order valence-electron chi connectivity index (χ4n) is 3.05. The number of carbonyl (C=O) groups excluding carboxylic acids is 1. The Morgan fingerprint density at radius 1 is 1.21 bits per heavy atom. The highest BCUT2D eigenvalue weighted by atomic mass is 16.2. The number of rotatable bonds is 5. The molecule has 0 aromatic carbocycles. The summed E-state index contributed by atoms with van der Waals surface area (Å²) in [4.78, 5) is 16.5. The quantitative estimate of drug-likeness (QED) is 0.581. The molecule has 106 valence electrons. The van der Waals surface area contributed by atoms with Gasteiger partial charge in [-0.1, -0.05) is 5.92 Å². The van der Waals surface area contributed by atoms with Gasteiger partial charge in [-0.05, 0) is 44.7 Å². The largest absolute Gasteiger partial charge is 0.342 e. The van der Waals surface area contributed by atoms with Crippen LogP contribution >= 0.6 is 0 Å². The van der Waals surface area contributed by atoms with Crippen LogP contribution in [0.25, 0.3) is 0 Å². The second kappa shape index (κ2) is 7.52. The number of hydrogen-bond acceptors (Lipinski definition) is 3. The molecule has 0 spiro atoms. The van der Waals surface area contributed by atoms with Gasteiger partial charge in [-0.3, -0.25) is 10.1 Å². The summed E-state index contributed by atoms with van der Waals surface area (Å²) in [7, 11) is 0. The molecule has 2 aliphatic heterocycles. The summed E-state index contributed by atoms with van der Waals surface area (Å²) >= 11 is 0. The first-order valence-corrected chi connectivity index (χ1v) is 7.44. The Labute approximate surface area is 116 Å². The van der Waals surface area contributed by atoms with Crippen LogP contribution in [0.2, 0.25) is 0 Å². The van der Waals surface area contributed by atoms with Gasteiger partial charge in [0.2, 0.25) is 5.91 Å². The number of piperidine rings is 1. The van der Waals surface area contributed by atoms with Gasteiger partial charge in [0.25, 0.3) is 0 Å². The molecule has 0 unspecified atom stereocenters. The second-order valence-corrected chi connectivity index (χ2v) is 5.64. The minimum absolute atomic E-state index is 0.190. The molecule has 2 fully saturated rings. The summed E-state index contributed by atoms with van der Waals surface area (Å²) in [6, 6.07) is 0. The molecule has 19 heavy (non-hydrogen) atoms. The van der Waals surface area contributed by atoms with Crippen molar-refractivity contribution < 1.29 is 4.79 Å². The first-order valence-electron chi connectivity index (χ1n) is 7.44. The zero-order valence-electron chi connectivity index (χ0n) is 11.7. The highest BCUT2D eigenvalue weighted by Crippen LogP contribution is 2.20. The van der Waals surface area contributed by atoms with Crippen molar-refractivity contribution >= 4 is 5.91 Å². The van der Waals surface area contributed by atoms with E-state index in [0.29, 0.717) is 13.1 Å². The highest BCUT2D eigenvalue weighted by molar-refractivity contribution is 5.78. The molecular weight excluding hydrogens is 238 g/mol. The molecule has 0 aromatic heterocycles. The van der Waals surface area contributed by atoms with E-state index in [4.69, 9.17) is 6.42 Å². The number of hydrogen-bond donors (Lipinski definition) is 1. The lowest BCUT2D eigenvalue weighted by molar-refractivity contribution is -0.131. The molecule has 0 saturated carbocycles. The van der Waals surface area contributed by atoms with Crippen molar-refractivity contribution in [3.05, 3.63) is 0 Å². The van der Waals surface area contributed by atoms with Crippen LogP contribution in [0.15, 0.2) is 0 Å². The predicted octanol–water partition coefficient (Wildman–Crippen LogP) is 0.544. The number of amides is 1. The van der Waals surface area contributed by atoms with Gasteiger partial charge in [-0.15, -0.1) is 6.42 Å². The standard InChI is InChI=1S/C15H25N3O/c1-2-7-16-12-15(19)18-10-5-14(6-11-18)13-17-8-3-4-9-17/h1,14,16H,3-13H2. The number of nitrogens with one attached hydrogen (secondary N) is 1. The van der Waals surface area contributed by atoms with Gasteiger partial charge in [-0.2, -0.15) is 0 Å². The molecule has 4 heteroatoms. The molecule has 0 bridgehead atoms. The van der Waals surface area contributed by atoms with Crippen molar-refractivity contribution in [3.8, 4) is 12.3 Å². The van der Waals surface area contributed by atoms with Crippen LogP contribution in [-0.4, -0.2) is 61.5 Å². The monoisotopic (exact) mass is 263 g/mol. The van der Waals surface area contributed by atoms with E-state index in [1.165, 1.54) is 32.5 Å². The van der Waals surface area contributed by atoms with E-state index < -0.39 is 0 Å². The van der Waals surface area contributed by atoms with Crippen molar-refractivity contribution in [1.82, 2.24) is 15.1 Å². The first kappa shape index (κ1) is 14.4. The third-order valence-corrected chi connectivity index (χ3v) is 4.19. The molecule has 2 rings (SSSR count). The van der Waals surface area contributed by atoms with Crippen molar-refractivity contribution in [1.29, 1.82) is 0 Å². The highest BCUT2D eigenvalue weighted by Gasteiger charge is 2.24. The average Bonchev–Trinajstić information content (AvgIpc) is 2.93. The van der Waals surface area contributed by atoms with Gasteiger partial charge in [-0.25, -0.2) is 0 Å². The third kappa shape index (κ3) is 4.52. The van der Waals surface area contributed by atoms with E-state index in [1.807, 2.05) is 4.90 Å². The lowest BCUT2D eigenvalue weighted by Crippen LogP contribution is -2.44. The Morgan fingerprint density at radius 3 is 2.53 bits per heavy atom. The van der Waals surface area contributed by atoms with Crippen LogP contribution in [0.1, 0.15) is 25.7 Å². The van der Waals surface area contributed by atoms with Crippen molar-refractivity contribution in [3.63, 3.8) is 0 Å². The summed E-state index contributed by atoms with van der Waals surface area (Å²) in [6.07, 6.45) is 10.2. The van der Waals surface area contributed by atoms with Crippen LogP contribution in [-0.2, 0) is 4.79 Å². The molecule has 4 nitrogen and oxygen atoms in total. The van der Waals surface area contributed by atoms with Gasteiger partial charge in [0, 0.05) is 19.6 Å². The Balaban J connectivity index is 1.64. The van der Waals surface area contributed by atoms with E-state index in [9.17, 15) is 4.79 Å². The van der Waals surface area contributed by atoms with Crippen LogP contribution in [0.5, 0.6) is 0 Å². The lowest BCUT2D eigenvalue weighted by Gasteiger charge is -2.34. The van der Waals surface area contributed by atoms with E-state index >= 15 is 0 Å². The zero-order chi connectivity index (χ0) is 13.5. The van der Waals surface area contributed by atoms with E-state index in [1.54, 1.807) is 0 Å². The number of nitrogens with zero attached hydrogens (tertiary/aromatic N) is 2. The Kier molecular flexibility index (Phi) is 5.68. The Bertz CT molecular complexity index is 323. The number of carbonyl (C=O) groups is 1. The summed E-state index contributed by atoms with van der Waals surface area (Å²) in [6.45, 7) is 6.45. The summed E-state index contributed by atoms with van der Waals surface area (Å²) in [5.41, 5.74) is 0. The Morgan fingerprint density at radius 2 is 1.89 bits per heavy atom. The van der Waals surface area contributed by atoms with Crippen LogP contribution in [0, 0.1) is 18.3 Å². The van der Waals surface area contributed by atoms with E-state index in [0.717, 1.165) is 31.8 Å². The smallest absolute Gasteiger partial charge is 0.236 e. The number of terminal acetylenes is 1. The molecule has 2 saturated heterocycles. The first-order chi connectivity index (χ1) is 9.29. The van der Waals surface area contributed by atoms with Gasteiger partial charge in [0.1, 0.15) is 0 Å². The SMILES string of the molecule is C#CCNCC(=O)N1CCC(CN2CCCC2)CC1. The van der Waals surface area contributed by atoms with E-state index in [2.05, 4.69) is 16.1 Å². The molecule has 1 N–H and O–H groups in total. The van der Waals surface area contributed by atoms with Crippen molar-refractivity contribution in [2.45, 2.75) is 25.7 Å². The fourth-order valence-corrected chi connectivity index (χ4v) is 3.05. The molecule has 2 aliphatic rings. The average molecular weight is 263 g/mol. The molecule has 0 atom stereocenters. The summed E-state index contributed by atoms with van der Waals surface area (Å²) in [5, 5.41) is 2.97. The van der Waals surface area contributed by atoms with Gasteiger partial charge in [0.05, 0.1) is 13.1 Å². The minimum atomic E-state index is 0.190. The molecule has 2 heterocycles. The molecular formula is C15H25N3O. The molecule has 1 amide bonds. The third-order valence-electron chi connectivity index (χ3n) is 4.19. The normalized spacial score (nSPS) is 21.5. The van der Waals surface area contributed by atoms with Crippen molar-refractivity contribution in [2.24, 2.45) is 5.92 Å². The topological polar surface area (TPSA) is 35.6 Å². The fraction of sp³-hybridized carbons (Fsp3) is 0.800. The van der Waals surface area contributed by atoms with Crippen molar-refractivity contribution in [2.75, 3.05) is 45.8 Å². The lowest BCUT2D eigenvalue weighted by atomic mass is 9.96.